The molecule has 1 aliphatic rings. The van der Waals surface area contributed by atoms with Gasteiger partial charge in [-0.25, -0.2) is 4.21 Å². The summed E-state index contributed by atoms with van der Waals surface area (Å²) < 4.78 is 18.9. The summed E-state index contributed by atoms with van der Waals surface area (Å²) in [5, 5.41) is 12.9. The van der Waals surface area contributed by atoms with Crippen molar-refractivity contribution in [3.05, 3.63) is 53.3 Å². The number of likely N-dealkylation sites (tertiary alicyclic amines) is 1. The van der Waals surface area contributed by atoms with Gasteiger partial charge in [0.15, 0.2) is 0 Å². The average Bonchev–Trinajstić information content (AvgIpc) is 3.24. The average molecular weight is 442 g/mol. The zero-order chi connectivity index (χ0) is 22.6. The Balaban J connectivity index is 1.63. The van der Waals surface area contributed by atoms with Crippen molar-refractivity contribution in [2.75, 3.05) is 19.3 Å². The quantitative estimate of drug-likeness (QED) is 0.709. The van der Waals surface area contributed by atoms with Crippen molar-refractivity contribution in [1.29, 1.82) is 5.26 Å². The Morgan fingerprint density at radius 1 is 1.29 bits per heavy atom. The first kappa shape index (κ1) is 22.7. The van der Waals surface area contributed by atoms with Crippen LogP contribution in [0.3, 0.4) is 0 Å². The lowest BCUT2D eigenvalue weighted by Crippen LogP contribution is -2.43. The maximum atomic E-state index is 13.2. The highest BCUT2D eigenvalue weighted by atomic mass is 32.2. The number of nitrogens with zero attached hydrogens (tertiary/aromatic N) is 5. The highest BCUT2D eigenvalue weighted by molar-refractivity contribution is 7.93. The third kappa shape index (κ3) is 5.39. The van der Waals surface area contributed by atoms with Crippen molar-refractivity contribution < 1.29 is 13.8 Å². The Bertz CT molecular complexity index is 1130. The molecule has 1 unspecified atom stereocenters. The summed E-state index contributed by atoms with van der Waals surface area (Å²) in [5.41, 5.74) is 1.66. The lowest BCUT2D eigenvalue weighted by molar-refractivity contribution is -0.131. The fraction of sp³-hybridized carbons (Fsp3) is 0.455. The van der Waals surface area contributed by atoms with E-state index in [2.05, 4.69) is 15.5 Å². The summed E-state index contributed by atoms with van der Waals surface area (Å²) in [6.45, 7) is 4.77. The van der Waals surface area contributed by atoms with Gasteiger partial charge in [-0.1, -0.05) is 12.1 Å². The van der Waals surface area contributed by atoms with E-state index in [-0.39, 0.29) is 23.6 Å². The van der Waals surface area contributed by atoms with Crippen molar-refractivity contribution >= 4 is 21.5 Å². The molecule has 164 valence electrons. The van der Waals surface area contributed by atoms with Crippen LogP contribution >= 0.6 is 0 Å². The SMILES string of the molecule is CC(C)n1nccc1C(=O)N=S(C)(=O)C1CCN(C(=O)Cc2cccc(C#N)c2)CC1. The van der Waals surface area contributed by atoms with Crippen LogP contribution in [0.4, 0.5) is 0 Å². The molecular weight excluding hydrogens is 414 g/mol. The van der Waals surface area contributed by atoms with Crippen LogP contribution < -0.4 is 0 Å². The molecule has 0 saturated carbocycles. The number of hydrogen-bond donors (Lipinski definition) is 0. The van der Waals surface area contributed by atoms with Crippen LogP contribution in [-0.4, -0.2) is 55.3 Å². The Kier molecular flexibility index (Phi) is 6.91. The van der Waals surface area contributed by atoms with E-state index in [1.165, 1.54) is 12.5 Å². The van der Waals surface area contributed by atoms with Crippen LogP contribution in [0.25, 0.3) is 0 Å². The highest BCUT2D eigenvalue weighted by Gasteiger charge is 2.29. The number of amides is 2. The first-order chi connectivity index (χ1) is 14.7. The maximum absolute atomic E-state index is 13.2. The van der Waals surface area contributed by atoms with E-state index in [4.69, 9.17) is 5.26 Å². The minimum absolute atomic E-state index is 0.000151. The van der Waals surface area contributed by atoms with Gasteiger partial charge in [0.25, 0.3) is 0 Å². The van der Waals surface area contributed by atoms with E-state index in [0.717, 1.165) is 5.56 Å². The zero-order valence-corrected chi connectivity index (χ0v) is 18.8. The standard InChI is InChI=1S/C22H27N5O3S/c1-16(2)27-20(7-10-24-27)22(29)25-31(3,30)19-8-11-26(12-9-19)21(28)14-17-5-4-6-18(13-17)15-23/h4-7,10,13,16,19H,8-9,11-12,14H2,1-3H3. The summed E-state index contributed by atoms with van der Waals surface area (Å²) >= 11 is 0. The molecule has 0 bridgehead atoms. The number of carbonyl (C=O) groups is 2. The predicted molar refractivity (Wildman–Crippen MR) is 118 cm³/mol. The molecule has 2 amide bonds. The second-order valence-corrected chi connectivity index (χ2v) is 10.7. The maximum Gasteiger partial charge on any atom is 0.303 e. The van der Waals surface area contributed by atoms with Gasteiger partial charge in [-0.05, 0) is 50.5 Å². The molecule has 1 saturated heterocycles. The van der Waals surface area contributed by atoms with Gasteiger partial charge in [0.05, 0.1) is 27.8 Å². The van der Waals surface area contributed by atoms with Crippen molar-refractivity contribution in [3.8, 4) is 6.07 Å². The first-order valence-electron chi connectivity index (χ1n) is 10.3. The van der Waals surface area contributed by atoms with Crippen molar-refractivity contribution in [3.63, 3.8) is 0 Å². The molecule has 31 heavy (non-hydrogen) atoms. The molecule has 1 atom stereocenters. The molecule has 0 spiro atoms. The van der Waals surface area contributed by atoms with Gasteiger partial charge in [0.1, 0.15) is 5.69 Å². The number of carbonyl (C=O) groups excluding carboxylic acids is 2. The van der Waals surface area contributed by atoms with Gasteiger partial charge < -0.3 is 4.90 Å². The molecule has 0 radical (unpaired) electrons. The van der Waals surface area contributed by atoms with E-state index in [1.54, 1.807) is 33.8 Å². The van der Waals surface area contributed by atoms with Crippen molar-refractivity contribution in [2.24, 2.45) is 4.36 Å². The number of hydrogen-bond acceptors (Lipinski definition) is 5. The van der Waals surface area contributed by atoms with Gasteiger partial charge in [-0.15, -0.1) is 0 Å². The third-order valence-electron chi connectivity index (χ3n) is 5.47. The largest absolute Gasteiger partial charge is 0.342 e. The Labute approximate surface area is 183 Å². The molecule has 0 N–H and O–H groups in total. The minimum atomic E-state index is -2.76. The molecule has 3 rings (SSSR count). The molecule has 9 heteroatoms. The molecule has 1 aromatic heterocycles. The predicted octanol–water partition coefficient (Wildman–Crippen LogP) is 2.81. The Morgan fingerprint density at radius 2 is 2.00 bits per heavy atom. The smallest absolute Gasteiger partial charge is 0.303 e. The van der Waals surface area contributed by atoms with E-state index < -0.39 is 15.6 Å². The number of nitriles is 1. The molecule has 2 aromatic rings. The number of rotatable bonds is 5. The summed E-state index contributed by atoms with van der Waals surface area (Å²) in [6, 6.07) is 10.7. The summed E-state index contributed by atoms with van der Waals surface area (Å²) in [5.74, 6) is -0.542. The molecule has 2 heterocycles. The number of benzene rings is 1. The van der Waals surface area contributed by atoms with Crippen LogP contribution in [0.5, 0.6) is 0 Å². The number of aromatic nitrogens is 2. The summed E-state index contributed by atoms with van der Waals surface area (Å²) in [4.78, 5) is 27.0. The van der Waals surface area contributed by atoms with Gasteiger partial charge >= 0.3 is 5.91 Å². The van der Waals surface area contributed by atoms with Crippen molar-refractivity contribution in [2.45, 2.75) is 44.4 Å². The highest BCUT2D eigenvalue weighted by Crippen LogP contribution is 2.21. The first-order valence-corrected chi connectivity index (χ1v) is 12.3. The van der Waals surface area contributed by atoms with E-state index >= 15 is 0 Å². The summed E-state index contributed by atoms with van der Waals surface area (Å²) in [6.07, 6.45) is 4.34. The second kappa shape index (κ2) is 9.43. The van der Waals surface area contributed by atoms with Gasteiger partial charge in [0.2, 0.25) is 5.91 Å². The van der Waals surface area contributed by atoms with E-state index in [0.29, 0.717) is 37.2 Å². The Morgan fingerprint density at radius 3 is 2.65 bits per heavy atom. The monoisotopic (exact) mass is 441 g/mol. The van der Waals surface area contributed by atoms with Crippen LogP contribution in [0.2, 0.25) is 0 Å². The van der Waals surface area contributed by atoms with E-state index in [1.807, 2.05) is 19.9 Å². The molecule has 0 aliphatic carbocycles. The molecule has 8 nitrogen and oxygen atoms in total. The van der Waals surface area contributed by atoms with Crippen LogP contribution in [0, 0.1) is 11.3 Å². The topological polar surface area (TPSA) is 108 Å². The molecule has 1 fully saturated rings. The van der Waals surface area contributed by atoms with E-state index in [9.17, 15) is 13.8 Å². The third-order valence-corrected chi connectivity index (χ3v) is 7.70. The van der Waals surface area contributed by atoms with Crippen LogP contribution in [0.15, 0.2) is 40.9 Å². The lowest BCUT2D eigenvalue weighted by Gasteiger charge is -2.32. The fourth-order valence-electron chi connectivity index (χ4n) is 3.76. The lowest BCUT2D eigenvalue weighted by atomic mass is 10.1. The summed E-state index contributed by atoms with van der Waals surface area (Å²) in [7, 11) is -2.76. The molecular formula is C22H27N5O3S. The van der Waals surface area contributed by atoms with Crippen LogP contribution in [0.1, 0.15) is 54.3 Å². The molecule has 1 aromatic carbocycles. The Hall–Kier alpha value is -2.99. The fourth-order valence-corrected chi connectivity index (χ4v) is 5.42. The van der Waals surface area contributed by atoms with Gasteiger partial charge in [-0.2, -0.15) is 14.7 Å². The van der Waals surface area contributed by atoms with Crippen molar-refractivity contribution in [1.82, 2.24) is 14.7 Å². The van der Waals surface area contributed by atoms with Gasteiger partial charge in [-0.3, -0.25) is 14.3 Å². The minimum Gasteiger partial charge on any atom is -0.342 e. The van der Waals surface area contributed by atoms with Crippen LogP contribution in [-0.2, 0) is 20.9 Å². The zero-order valence-electron chi connectivity index (χ0n) is 18.0. The normalized spacial score (nSPS) is 16.5. The molecule has 1 aliphatic heterocycles. The second-order valence-electron chi connectivity index (χ2n) is 8.08. The number of piperidine rings is 1. The van der Waals surface area contributed by atoms with Gasteiger partial charge in [0, 0.05) is 36.8 Å².